The molecule has 1 radical (unpaired) electrons. The number of carbonyl (C=O) groups is 2. The van der Waals surface area contributed by atoms with E-state index in [1.54, 1.807) is 0 Å². The van der Waals surface area contributed by atoms with Crippen LogP contribution in [0.1, 0.15) is 22.1 Å². The maximum atomic E-state index is 10.3. The van der Waals surface area contributed by atoms with Crippen LogP contribution in [-0.2, 0) is 17.1 Å². The van der Waals surface area contributed by atoms with E-state index in [0.29, 0.717) is 0 Å². The van der Waals surface area contributed by atoms with Crippen molar-refractivity contribution >= 4 is 11.9 Å². The van der Waals surface area contributed by atoms with Crippen molar-refractivity contribution in [1.29, 1.82) is 0 Å². The third-order valence-electron chi connectivity index (χ3n) is 1.38. The van der Waals surface area contributed by atoms with Crippen molar-refractivity contribution in [3.63, 3.8) is 0 Å². The van der Waals surface area contributed by atoms with Gasteiger partial charge in [0.2, 0.25) is 0 Å². The Bertz CT molecular complexity index is 295. The van der Waals surface area contributed by atoms with Crippen LogP contribution in [0.3, 0.4) is 0 Å². The number of rotatable bonds is 2. The molecule has 0 bridgehead atoms. The topological polar surface area (TPSA) is 74.6 Å². The van der Waals surface area contributed by atoms with E-state index in [1.165, 1.54) is 24.3 Å². The number of aromatic carboxylic acids is 2. The molecule has 1 aromatic rings. The number of hydrogen-bond acceptors (Lipinski definition) is 2. The Morgan fingerprint density at radius 2 is 1.14 bits per heavy atom. The molecule has 1 aromatic carbocycles. The Hall–Kier alpha value is -0.723. The third-order valence-corrected chi connectivity index (χ3v) is 1.38. The second kappa shape index (κ2) is 6.69. The van der Waals surface area contributed by atoms with Crippen LogP contribution in [0.15, 0.2) is 24.3 Å². The fourth-order valence-electron chi connectivity index (χ4n) is 0.755. The average molecular weight is 238 g/mol. The minimum Gasteiger partial charge on any atom is -1.00 e. The quantitative estimate of drug-likeness (QED) is 0.595. The zero-order valence-electron chi connectivity index (χ0n) is 8.32. The molecule has 0 aromatic heterocycles. The predicted octanol–water partition coefficient (Wildman–Crippen LogP) is -1.80. The summed E-state index contributed by atoms with van der Waals surface area (Å²) >= 11 is 0. The second-order valence-corrected chi connectivity index (χ2v) is 2.19. The van der Waals surface area contributed by atoms with Crippen LogP contribution in [-0.4, -0.2) is 22.2 Å². The predicted molar refractivity (Wildman–Crippen MR) is 41.5 cm³/mol. The molecule has 0 unspecified atom stereocenters. The third kappa shape index (κ3) is 3.99. The van der Waals surface area contributed by atoms with Gasteiger partial charge in [0.05, 0.1) is 11.1 Å². The summed E-state index contributed by atoms with van der Waals surface area (Å²) in [6, 6.07) is 5.02. The first-order chi connectivity index (χ1) is 5.61. The fourth-order valence-corrected chi connectivity index (χ4v) is 0.755. The van der Waals surface area contributed by atoms with Crippen molar-refractivity contribution in [3.05, 3.63) is 35.4 Å². The molecule has 0 fully saturated rings. The van der Waals surface area contributed by atoms with Crippen molar-refractivity contribution in [3.8, 4) is 0 Å². The van der Waals surface area contributed by atoms with Crippen molar-refractivity contribution in [2.24, 2.45) is 0 Å². The van der Waals surface area contributed by atoms with Crippen LogP contribution in [0.4, 0.5) is 0 Å². The Morgan fingerprint density at radius 1 is 0.929 bits per heavy atom. The molecular weight excluding hydrogens is 231 g/mol. The Morgan fingerprint density at radius 3 is 1.29 bits per heavy atom. The Labute approximate surface area is 104 Å². The fraction of sp³-hybridized carbons (Fsp3) is 0. The van der Waals surface area contributed by atoms with Gasteiger partial charge in [0, 0.05) is 17.1 Å². The van der Waals surface area contributed by atoms with Gasteiger partial charge < -0.3 is 11.6 Å². The van der Waals surface area contributed by atoms with Gasteiger partial charge in [-0.2, -0.15) is 0 Å². The van der Waals surface area contributed by atoms with Crippen LogP contribution >= 0.6 is 0 Å². The monoisotopic (exact) mass is 237 g/mol. The molecule has 0 heterocycles. The first-order valence-electron chi connectivity index (χ1n) is 3.18. The number of carboxylic acids is 2. The summed E-state index contributed by atoms with van der Waals surface area (Å²) in [7, 11) is 0. The van der Waals surface area contributed by atoms with Gasteiger partial charge in [-0.1, -0.05) is 0 Å². The average Bonchev–Trinajstić information content (AvgIpc) is 2.04. The Balaban J connectivity index is -0.000000480. The van der Waals surface area contributed by atoms with Crippen LogP contribution in [0.25, 0.3) is 0 Å². The summed E-state index contributed by atoms with van der Waals surface area (Å²) in [5.74, 6) is -2.13. The Kier molecular flexibility index (Phi) is 7.52. The molecule has 14 heavy (non-hydrogen) atoms. The van der Waals surface area contributed by atoms with Gasteiger partial charge in [0.25, 0.3) is 0 Å². The molecule has 4 nitrogen and oxygen atoms in total. The maximum Gasteiger partial charge on any atom is 1.00 e. The van der Waals surface area contributed by atoms with E-state index in [2.05, 4.69) is 0 Å². The minimum absolute atomic E-state index is 0. The molecule has 0 aliphatic heterocycles. The zero-order chi connectivity index (χ0) is 9.14. The van der Waals surface area contributed by atoms with E-state index in [9.17, 15) is 9.59 Å². The van der Waals surface area contributed by atoms with Gasteiger partial charge in [-0.15, -0.1) is 0 Å². The van der Waals surface area contributed by atoms with Crippen molar-refractivity contribution in [1.82, 2.24) is 0 Å². The molecule has 0 aliphatic rings. The number of hydrogen-bond donors (Lipinski definition) is 2. The second-order valence-electron chi connectivity index (χ2n) is 2.19. The van der Waals surface area contributed by atoms with E-state index in [1.807, 2.05) is 0 Å². The van der Waals surface area contributed by atoms with Crippen LogP contribution in [0.5, 0.6) is 0 Å². The van der Waals surface area contributed by atoms with Crippen LogP contribution < -0.4 is 18.9 Å². The molecule has 0 aliphatic carbocycles. The van der Waals surface area contributed by atoms with Gasteiger partial charge in [-0.05, 0) is 24.3 Å². The van der Waals surface area contributed by atoms with Crippen LogP contribution in [0.2, 0.25) is 0 Å². The first kappa shape index (κ1) is 15.7. The summed E-state index contributed by atoms with van der Waals surface area (Å²) in [5, 5.41) is 16.9. The maximum absolute atomic E-state index is 10.3. The van der Waals surface area contributed by atoms with E-state index >= 15 is 0 Å². The minimum atomic E-state index is -1.06. The van der Waals surface area contributed by atoms with E-state index in [-0.39, 0.29) is 48.5 Å². The molecule has 0 saturated heterocycles. The molecule has 75 valence electrons. The van der Waals surface area contributed by atoms with Gasteiger partial charge >= 0.3 is 30.8 Å². The van der Waals surface area contributed by atoms with Crippen LogP contribution in [0, 0.1) is 0 Å². The molecule has 1 rings (SSSR count). The van der Waals surface area contributed by atoms with Crippen molar-refractivity contribution in [2.45, 2.75) is 0 Å². The van der Waals surface area contributed by atoms with Gasteiger partial charge in [-0.3, -0.25) is 0 Å². The largest absolute Gasteiger partial charge is 1.00 e. The van der Waals surface area contributed by atoms with Gasteiger partial charge in [0.15, 0.2) is 0 Å². The number of benzene rings is 1. The van der Waals surface area contributed by atoms with Gasteiger partial charge in [0.1, 0.15) is 0 Å². The summed E-state index contributed by atoms with van der Waals surface area (Å²) in [4.78, 5) is 20.7. The van der Waals surface area contributed by atoms with E-state index < -0.39 is 11.9 Å². The summed E-state index contributed by atoms with van der Waals surface area (Å²) in [6.07, 6.45) is 0. The molecule has 6 heteroatoms. The van der Waals surface area contributed by atoms with Gasteiger partial charge in [-0.25, -0.2) is 9.59 Å². The van der Waals surface area contributed by atoms with E-state index in [0.717, 1.165) is 0 Å². The standard InChI is InChI=1S/C8H6O4.Cu.Li.H/c9-7(10)5-1-2-6(4-3-5)8(11)12;;;/h1-4H,(H,9,10)(H,11,12);;;/q;;+1;-1. The van der Waals surface area contributed by atoms with Crippen molar-refractivity contribution in [2.75, 3.05) is 0 Å². The zero-order valence-corrected chi connectivity index (χ0v) is 8.26. The normalized spacial score (nSPS) is 8.00. The molecular formula is C8H7CuLiO4. The first-order valence-corrected chi connectivity index (χ1v) is 3.18. The molecule has 2 N–H and O–H groups in total. The van der Waals surface area contributed by atoms with Crippen molar-refractivity contribution < 1.29 is 57.2 Å². The molecule has 0 atom stereocenters. The molecule has 0 amide bonds. The molecule has 0 spiro atoms. The molecule has 0 saturated carbocycles. The smallest absolute Gasteiger partial charge is 1.00 e. The summed E-state index contributed by atoms with van der Waals surface area (Å²) < 4.78 is 0. The number of carboxylic acid groups (broad SMARTS) is 2. The SMILES string of the molecule is O=C(O)c1ccc(C(=O)O)cc1.[Cu].[H-].[Li+]. The van der Waals surface area contributed by atoms with E-state index in [4.69, 9.17) is 10.2 Å². The summed E-state index contributed by atoms with van der Waals surface area (Å²) in [5.41, 5.74) is 0.167. The summed E-state index contributed by atoms with van der Waals surface area (Å²) in [6.45, 7) is 0.